The van der Waals surface area contributed by atoms with E-state index in [1.54, 1.807) is 24.3 Å². The summed E-state index contributed by atoms with van der Waals surface area (Å²) in [7, 11) is 0. The van der Waals surface area contributed by atoms with E-state index in [4.69, 9.17) is 4.84 Å². The fraction of sp³-hybridized carbons (Fsp3) is 0.263. The molecule has 1 aliphatic heterocycles. The summed E-state index contributed by atoms with van der Waals surface area (Å²) in [5.74, 6) is -0.647. The van der Waals surface area contributed by atoms with Gasteiger partial charge in [0.15, 0.2) is 0 Å². The maximum absolute atomic E-state index is 14.2. The first-order valence-electron chi connectivity index (χ1n) is 8.60. The summed E-state index contributed by atoms with van der Waals surface area (Å²) in [4.78, 5) is 29.8. The molecule has 1 aliphatic carbocycles. The highest BCUT2D eigenvalue weighted by Gasteiger charge is 2.25. The monoisotopic (exact) mass is 433 g/mol. The Morgan fingerprint density at radius 1 is 1.26 bits per heavy atom. The third-order valence-corrected chi connectivity index (χ3v) is 5.05. The van der Waals surface area contributed by atoms with Crippen LogP contribution in [0.2, 0.25) is 0 Å². The predicted molar refractivity (Wildman–Crippen MR) is 101 cm³/mol. The summed E-state index contributed by atoms with van der Waals surface area (Å²) in [6, 6.07) is 7.75. The number of hydrogen-bond acceptors (Lipinski definition) is 4. The molecule has 0 saturated heterocycles. The molecule has 2 aromatic carbocycles. The Hall–Kier alpha value is -2.45. The summed E-state index contributed by atoms with van der Waals surface area (Å²) in [6.07, 6.45) is 2.22. The Balaban J connectivity index is 1.63. The van der Waals surface area contributed by atoms with Gasteiger partial charge in [-0.2, -0.15) is 0 Å². The van der Waals surface area contributed by atoms with Gasteiger partial charge in [0.25, 0.3) is 11.8 Å². The van der Waals surface area contributed by atoms with E-state index >= 15 is 0 Å². The van der Waals surface area contributed by atoms with Crippen molar-refractivity contribution in [1.29, 1.82) is 0 Å². The number of anilines is 2. The molecule has 2 amide bonds. The van der Waals surface area contributed by atoms with Gasteiger partial charge in [-0.1, -0.05) is 15.9 Å². The van der Waals surface area contributed by atoms with Crippen molar-refractivity contribution in [3.63, 3.8) is 0 Å². The van der Waals surface area contributed by atoms with Crippen molar-refractivity contribution < 1.29 is 18.8 Å². The fourth-order valence-electron chi connectivity index (χ4n) is 2.86. The quantitative estimate of drug-likeness (QED) is 0.607. The Morgan fingerprint density at radius 3 is 2.81 bits per heavy atom. The summed E-state index contributed by atoms with van der Waals surface area (Å²) in [6.45, 7) is 0.825. The molecule has 0 aromatic heterocycles. The number of carbonyl (C=O) groups excluding carboxylic acids is 2. The normalized spacial score (nSPS) is 15.3. The van der Waals surface area contributed by atoms with Gasteiger partial charge in [-0.05, 0) is 54.7 Å². The minimum absolute atomic E-state index is 0.199. The van der Waals surface area contributed by atoms with Crippen molar-refractivity contribution in [2.45, 2.75) is 19.4 Å². The Bertz CT molecular complexity index is 931. The Morgan fingerprint density at radius 2 is 2.07 bits per heavy atom. The van der Waals surface area contributed by atoms with E-state index < -0.39 is 11.7 Å². The molecule has 1 fully saturated rings. The molecule has 4 rings (SSSR count). The van der Waals surface area contributed by atoms with Gasteiger partial charge in [0.2, 0.25) is 0 Å². The standard InChI is InChI=1S/C19H17BrFN3O3/c20-12-3-4-16(15(21)6-12)23-17-7-13-11(8-22-18(13)25)5-14(17)19(26)24-27-9-10-1-2-10/h3-7,10,23H,1-2,8-9H2,(H,22,25)(H,24,26). The molecule has 1 saturated carbocycles. The van der Waals surface area contributed by atoms with Gasteiger partial charge >= 0.3 is 0 Å². The van der Waals surface area contributed by atoms with E-state index in [9.17, 15) is 14.0 Å². The van der Waals surface area contributed by atoms with E-state index in [-0.39, 0.29) is 17.2 Å². The van der Waals surface area contributed by atoms with Gasteiger partial charge in [-0.25, -0.2) is 9.87 Å². The fourth-order valence-corrected chi connectivity index (χ4v) is 3.20. The maximum atomic E-state index is 14.2. The van der Waals surface area contributed by atoms with Crippen molar-refractivity contribution in [2.24, 2.45) is 5.92 Å². The second-order valence-corrected chi connectivity index (χ2v) is 7.59. The van der Waals surface area contributed by atoms with Crippen LogP contribution in [0.4, 0.5) is 15.8 Å². The lowest BCUT2D eigenvalue weighted by atomic mass is 10.0. The van der Waals surface area contributed by atoms with Gasteiger partial charge in [0.05, 0.1) is 23.5 Å². The van der Waals surface area contributed by atoms with Crippen molar-refractivity contribution in [3.05, 3.63) is 57.3 Å². The number of rotatable bonds is 6. The third-order valence-electron chi connectivity index (χ3n) is 4.55. The number of benzene rings is 2. The van der Waals surface area contributed by atoms with Crippen LogP contribution < -0.4 is 16.1 Å². The largest absolute Gasteiger partial charge is 0.352 e. The minimum Gasteiger partial charge on any atom is -0.352 e. The maximum Gasteiger partial charge on any atom is 0.276 e. The smallest absolute Gasteiger partial charge is 0.276 e. The second-order valence-electron chi connectivity index (χ2n) is 6.67. The summed E-state index contributed by atoms with van der Waals surface area (Å²) in [5, 5.41) is 5.64. The van der Waals surface area contributed by atoms with E-state index in [0.717, 1.165) is 12.8 Å². The summed E-state index contributed by atoms with van der Waals surface area (Å²) in [5.41, 5.74) is 4.43. The number of carbonyl (C=O) groups is 2. The first kappa shape index (κ1) is 17.9. The van der Waals surface area contributed by atoms with Crippen molar-refractivity contribution in [3.8, 4) is 0 Å². The molecule has 1 heterocycles. The topological polar surface area (TPSA) is 79.5 Å². The van der Waals surface area contributed by atoms with E-state index in [1.807, 2.05) is 0 Å². The van der Waals surface area contributed by atoms with Crippen molar-refractivity contribution in [2.75, 3.05) is 11.9 Å². The zero-order valence-corrected chi connectivity index (χ0v) is 15.9. The van der Waals surface area contributed by atoms with Gasteiger partial charge in [-0.3, -0.25) is 14.4 Å². The molecule has 6 nitrogen and oxygen atoms in total. The van der Waals surface area contributed by atoms with Crippen LogP contribution in [0.5, 0.6) is 0 Å². The third kappa shape index (κ3) is 3.96. The summed E-state index contributed by atoms with van der Waals surface area (Å²) < 4.78 is 14.8. The SMILES string of the molecule is O=C1NCc2cc(C(=O)NOCC3CC3)c(Nc3ccc(Br)cc3F)cc21. The van der Waals surface area contributed by atoms with Crippen LogP contribution in [0.25, 0.3) is 0 Å². The Labute approximate surface area is 163 Å². The number of amides is 2. The van der Waals surface area contributed by atoms with E-state index in [2.05, 4.69) is 32.0 Å². The lowest BCUT2D eigenvalue weighted by Gasteiger charge is -2.14. The lowest BCUT2D eigenvalue weighted by molar-refractivity contribution is 0.0271. The molecule has 0 spiro atoms. The van der Waals surface area contributed by atoms with Crippen LogP contribution in [0.15, 0.2) is 34.8 Å². The van der Waals surface area contributed by atoms with Crippen LogP contribution in [0.1, 0.15) is 39.1 Å². The average Bonchev–Trinajstić information content (AvgIpc) is 3.39. The molecular weight excluding hydrogens is 417 g/mol. The molecule has 140 valence electrons. The van der Waals surface area contributed by atoms with Crippen molar-refractivity contribution >= 4 is 39.1 Å². The van der Waals surface area contributed by atoms with Crippen LogP contribution in [-0.4, -0.2) is 18.4 Å². The lowest BCUT2D eigenvalue weighted by Crippen LogP contribution is -2.25. The van der Waals surface area contributed by atoms with Crippen molar-refractivity contribution in [1.82, 2.24) is 10.8 Å². The number of nitrogens with one attached hydrogen (secondary N) is 3. The van der Waals surface area contributed by atoms with Crippen LogP contribution in [0, 0.1) is 11.7 Å². The number of hydrogen-bond donors (Lipinski definition) is 3. The zero-order chi connectivity index (χ0) is 19.0. The number of hydroxylamine groups is 1. The van der Waals surface area contributed by atoms with Crippen LogP contribution in [-0.2, 0) is 11.4 Å². The highest BCUT2D eigenvalue weighted by atomic mass is 79.9. The van der Waals surface area contributed by atoms with E-state index in [1.165, 1.54) is 6.07 Å². The average molecular weight is 434 g/mol. The predicted octanol–water partition coefficient (Wildman–Crippen LogP) is 3.65. The molecule has 27 heavy (non-hydrogen) atoms. The van der Waals surface area contributed by atoms with Crippen LogP contribution in [0.3, 0.4) is 0 Å². The Kier molecular flexibility index (Phi) is 4.84. The molecular formula is C19H17BrFN3O3. The number of halogens is 2. The molecule has 2 aliphatic rings. The van der Waals surface area contributed by atoms with E-state index in [0.29, 0.717) is 40.4 Å². The molecule has 0 bridgehead atoms. The molecule has 0 atom stereocenters. The highest BCUT2D eigenvalue weighted by molar-refractivity contribution is 9.10. The minimum atomic E-state index is -0.481. The van der Waals surface area contributed by atoms with Gasteiger partial charge in [0.1, 0.15) is 5.82 Å². The zero-order valence-electron chi connectivity index (χ0n) is 14.3. The summed E-state index contributed by atoms with van der Waals surface area (Å²) >= 11 is 3.21. The molecule has 3 N–H and O–H groups in total. The highest BCUT2D eigenvalue weighted by Crippen LogP contribution is 2.30. The first-order chi connectivity index (χ1) is 13.0. The molecule has 0 unspecified atom stereocenters. The van der Waals surface area contributed by atoms with Gasteiger partial charge < -0.3 is 10.6 Å². The number of fused-ring (bicyclic) bond motifs is 1. The second kappa shape index (κ2) is 7.28. The van der Waals surface area contributed by atoms with Gasteiger partial charge in [-0.15, -0.1) is 0 Å². The molecule has 0 radical (unpaired) electrons. The van der Waals surface area contributed by atoms with Crippen LogP contribution >= 0.6 is 15.9 Å². The van der Waals surface area contributed by atoms with Gasteiger partial charge in [0, 0.05) is 16.6 Å². The molecule has 2 aromatic rings. The first-order valence-corrected chi connectivity index (χ1v) is 9.40. The molecule has 8 heteroatoms.